The Kier molecular flexibility index (Phi) is 7.84. The van der Waals surface area contributed by atoms with Crippen LogP contribution in [0, 0.1) is 6.92 Å². The van der Waals surface area contributed by atoms with Crippen LogP contribution in [0.3, 0.4) is 0 Å². The lowest BCUT2D eigenvalue weighted by atomic mass is 10.2. The number of rotatable bonds is 4. The molecule has 0 bridgehead atoms. The van der Waals surface area contributed by atoms with E-state index in [1.54, 1.807) is 12.1 Å². The predicted molar refractivity (Wildman–Crippen MR) is 103 cm³/mol. The van der Waals surface area contributed by atoms with E-state index in [1.165, 1.54) is 17.7 Å². The fourth-order valence-corrected chi connectivity index (χ4v) is 2.50. The van der Waals surface area contributed by atoms with Crippen LogP contribution in [-0.4, -0.2) is 13.5 Å². The van der Waals surface area contributed by atoms with E-state index < -0.39 is 10.0 Å². The molecule has 0 amide bonds. The van der Waals surface area contributed by atoms with Gasteiger partial charge in [-0.25, -0.2) is 13.6 Å². The van der Waals surface area contributed by atoms with Gasteiger partial charge in [0.1, 0.15) is 0 Å². The van der Waals surface area contributed by atoms with Crippen molar-refractivity contribution < 1.29 is 8.42 Å². The van der Waals surface area contributed by atoms with Gasteiger partial charge in [0.15, 0.2) is 5.11 Å². The van der Waals surface area contributed by atoms with Crippen LogP contribution in [0.4, 0.5) is 5.69 Å². The van der Waals surface area contributed by atoms with E-state index in [9.17, 15) is 8.42 Å². The smallest absolute Gasteiger partial charge is 0.238 e. The largest absolute Gasteiger partial charge is 0.358 e. The second-order valence-electron chi connectivity index (χ2n) is 4.86. The summed E-state index contributed by atoms with van der Waals surface area (Å²) in [6.07, 6.45) is 0. The number of primary sulfonamides is 1. The van der Waals surface area contributed by atoms with Gasteiger partial charge in [0.05, 0.1) is 4.90 Å². The number of aryl methyl sites for hydroxylation is 1. The fourth-order valence-electron chi connectivity index (χ4n) is 1.79. The van der Waals surface area contributed by atoms with Gasteiger partial charge in [0.25, 0.3) is 0 Å². The molecule has 24 heavy (non-hydrogen) atoms. The van der Waals surface area contributed by atoms with Gasteiger partial charge in [0.2, 0.25) is 10.0 Å². The van der Waals surface area contributed by atoms with E-state index in [-0.39, 0.29) is 4.90 Å². The normalized spacial score (nSPS) is 10.3. The molecule has 2 rings (SSSR count). The molecule has 0 fully saturated rings. The van der Waals surface area contributed by atoms with Crippen LogP contribution in [0.25, 0.3) is 0 Å². The van der Waals surface area contributed by atoms with Crippen molar-refractivity contribution in [3.8, 4) is 0 Å². The first kappa shape index (κ1) is 20.1. The molecule has 2 aromatic carbocycles. The number of benzene rings is 2. The average molecular weight is 366 g/mol. The molecule has 7 heteroatoms. The highest BCUT2D eigenvalue weighted by molar-refractivity contribution is 7.89. The summed E-state index contributed by atoms with van der Waals surface area (Å²) in [7, 11) is -3.65. The second-order valence-corrected chi connectivity index (χ2v) is 6.83. The highest BCUT2D eigenvalue weighted by atomic mass is 32.2. The molecule has 4 N–H and O–H groups in total. The second kappa shape index (κ2) is 9.36. The first-order chi connectivity index (χ1) is 11.3. The first-order valence-electron chi connectivity index (χ1n) is 7.58. The predicted octanol–water partition coefficient (Wildman–Crippen LogP) is 3.16. The lowest BCUT2D eigenvalue weighted by molar-refractivity contribution is 0.597. The molecule has 0 atom stereocenters. The Labute approximate surface area is 149 Å². The number of sulfonamides is 1. The zero-order valence-electron chi connectivity index (χ0n) is 14.0. The van der Waals surface area contributed by atoms with Gasteiger partial charge < -0.3 is 10.6 Å². The zero-order valence-corrected chi connectivity index (χ0v) is 15.7. The number of nitrogens with two attached hydrogens (primary N) is 1. The molecule has 0 aliphatic carbocycles. The molecular formula is C17H23N3O2S2. The van der Waals surface area contributed by atoms with E-state index in [0.29, 0.717) is 11.7 Å². The van der Waals surface area contributed by atoms with Gasteiger partial charge >= 0.3 is 0 Å². The van der Waals surface area contributed by atoms with Crippen molar-refractivity contribution in [1.29, 1.82) is 0 Å². The molecule has 0 aromatic heterocycles. The van der Waals surface area contributed by atoms with Crippen LogP contribution in [0.5, 0.6) is 0 Å². The fraction of sp³-hybridized carbons (Fsp3) is 0.235. The molecule has 0 spiro atoms. The van der Waals surface area contributed by atoms with Crippen molar-refractivity contribution in [3.05, 3.63) is 59.7 Å². The third kappa shape index (κ3) is 6.66. The quantitative estimate of drug-likeness (QED) is 0.725. The van der Waals surface area contributed by atoms with E-state index in [4.69, 9.17) is 17.4 Å². The van der Waals surface area contributed by atoms with E-state index in [0.717, 1.165) is 11.3 Å². The van der Waals surface area contributed by atoms with Crippen LogP contribution in [-0.2, 0) is 16.6 Å². The van der Waals surface area contributed by atoms with E-state index in [1.807, 2.05) is 45.0 Å². The third-order valence-electron chi connectivity index (χ3n) is 3.01. The molecule has 130 valence electrons. The average Bonchev–Trinajstić information content (AvgIpc) is 2.56. The highest BCUT2D eigenvalue weighted by Crippen LogP contribution is 2.10. The van der Waals surface area contributed by atoms with Crippen molar-refractivity contribution in [2.45, 2.75) is 32.2 Å². The molecule has 0 saturated heterocycles. The molecular weight excluding hydrogens is 342 g/mol. The van der Waals surface area contributed by atoms with Crippen LogP contribution in [0.15, 0.2) is 53.4 Å². The topological polar surface area (TPSA) is 84.2 Å². The Morgan fingerprint density at radius 1 is 1.04 bits per heavy atom. The van der Waals surface area contributed by atoms with E-state index in [2.05, 4.69) is 10.6 Å². The van der Waals surface area contributed by atoms with Gasteiger partial charge in [-0.2, -0.15) is 0 Å². The highest BCUT2D eigenvalue weighted by Gasteiger charge is 2.06. The SMILES string of the molecule is CC.Cc1ccc(NC(=S)NCc2ccc(S(N)(=O)=O)cc2)cc1. The summed E-state index contributed by atoms with van der Waals surface area (Å²) in [5.41, 5.74) is 2.99. The van der Waals surface area contributed by atoms with Crippen LogP contribution in [0.1, 0.15) is 25.0 Å². The van der Waals surface area contributed by atoms with Crippen LogP contribution < -0.4 is 15.8 Å². The standard InChI is InChI=1S/C15H17N3O2S2.C2H6/c1-11-2-6-13(7-3-11)18-15(21)17-10-12-4-8-14(9-5-12)22(16,19)20;1-2/h2-9H,10H2,1H3,(H2,16,19,20)(H2,17,18,21);1-2H3. The first-order valence-corrected chi connectivity index (χ1v) is 9.53. The van der Waals surface area contributed by atoms with Gasteiger partial charge in [-0.15, -0.1) is 0 Å². The number of thiocarbonyl (C=S) groups is 1. The Hall–Kier alpha value is -1.96. The maximum absolute atomic E-state index is 11.2. The van der Waals surface area contributed by atoms with Crippen molar-refractivity contribution >= 4 is 33.0 Å². The lowest BCUT2D eigenvalue weighted by Crippen LogP contribution is -2.27. The molecule has 0 aliphatic heterocycles. The van der Waals surface area contributed by atoms with Gasteiger partial charge in [-0.05, 0) is 49.0 Å². The molecule has 5 nitrogen and oxygen atoms in total. The van der Waals surface area contributed by atoms with Crippen molar-refractivity contribution in [3.63, 3.8) is 0 Å². The monoisotopic (exact) mass is 365 g/mol. The Balaban J connectivity index is 0.00000139. The summed E-state index contributed by atoms with van der Waals surface area (Å²) in [4.78, 5) is 0.0941. The van der Waals surface area contributed by atoms with E-state index >= 15 is 0 Å². The third-order valence-corrected chi connectivity index (χ3v) is 4.19. The minimum absolute atomic E-state index is 0.0941. The van der Waals surface area contributed by atoms with Crippen molar-refractivity contribution in [2.75, 3.05) is 5.32 Å². The lowest BCUT2D eigenvalue weighted by Gasteiger charge is -2.11. The summed E-state index contributed by atoms with van der Waals surface area (Å²) >= 11 is 5.21. The number of nitrogens with one attached hydrogen (secondary N) is 2. The number of hydrogen-bond acceptors (Lipinski definition) is 3. The molecule has 0 saturated carbocycles. The minimum atomic E-state index is -3.65. The van der Waals surface area contributed by atoms with Crippen LogP contribution >= 0.6 is 12.2 Å². The van der Waals surface area contributed by atoms with Crippen molar-refractivity contribution in [2.24, 2.45) is 5.14 Å². The summed E-state index contributed by atoms with van der Waals surface area (Å²) in [6.45, 7) is 6.51. The molecule has 2 aromatic rings. The number of hydrogen-bond donors (Lipinski definition) is 3. The summed E-state index contributed by atoms with van der Waals surface area (Å²) in [5, 5.41) is 11.7. The number of anilines is 1. The maximum Gasteiger partial charge on any atom is 0.238 e. The van der Waals surface area contributed by atoms with Gasteiger partial charge in [-0.1, -0.05) is 43.7 Å². The van der Waals surface area contributed by atoms with Gasteiger partial charge in [0, 0.05) is 12.2 Å². The summed E-state index contributed by atoms with van der Waals surface area (Å²) in [6, 6.07) is 14.2. The molecule has 0 heterocycles. The summed E-state index contributed by atoms with van der Waals surface area (Å²) < 4.78 is 22.3. The molecule has 0 radical (unpaired) electrons. The minimum Gasteiger partial charge on any atom is -0.358 e. The van der Waals surface area contributed by atoms with Crippen molar-refractivity contribution in [1.82, 2.24) is 5.32 Å². The molecule has 0 unspecified atom stereocenters. The maximum atomic E-state index is 11.2. The van der Waals surface area contributed by atoms with Gasteiger partial charge in [-0.3, -0.25) is 0 Å². The molecule has 0 aliphatic rings. The Bertz CT molecular complexity index is 755. The Morgan fingerprint density at radius 2 is 1.58 bits per heavy atom. The summed E-state index contributed by atoms with van der Waals surface area (Å²) in [5.74, 6) is 0. The Morgan fingerprint density at radius 3 is 2.08 bits per heavy atom. The zero-order chi connectivity index (χ0) is 18.2. The van der Waals surface area contributed by atoms with Crippen LogP contribution in [0.2, 0.25) is 0 Å².